The predicted octanol–water partition coefficient (Wildman–Crippen LogP) is 7.46. The summed E-state index contributed by atoms with van der Waals surface area (Å²) in [6, 6.07) is 38.5. The van der Waals surface area contributed by atoms with Crippen LogP contribution in [0, 0.1) is 82.9 Å². The van der Waals surface area contributed by atoms with Gasteiger partial charge in [-0.3, -0.25) is 58.0 Å². The third kappa shape index (κ3) is 34.7. The van der Waals surface area contributed by atoms with E-state index < -0.39 is 42.0 Å². The molecule has 0 heterocycles. The summed E-state index contributed by atoms with van der Waals surface area (Å²) in [7, 11) is 3.64. The smallest absolute Gasteiger partial charge is 0.268 e. The second kappa shape index (κ2) is 47.9. The highest BCUT2D eigenvalue weighted by Gasteiger charge is 2.28. The van der Waals surface area contributed by atoms with Crippen molar-refractivity contribution in [3.8, 4) is 71.0 Å². The van der Waals surface area contributed by atoms with E-state index in [1.165, 1.54) is 24.5 Å². The fourth-order valence-corrected chi connectivity index (χ4v) is 8.03. The number of halogens is 3. The number of rotatable bonds is 22. The first-order valence-electron chi connectivity index (χ1n) is 31.5. The number of aliphatic hydroxyl groups excluding tert-OH is 1. The van der Waals surface area contributed by atoms with E-state index in [0.29, 0.717) is 59.1 Å². The molecule has 536 valence electrons. The Kier molecular flexibility index (Phi) is 40.1. The number of alkyl halides is 2. The summed E-state index contributed by atoms with van der Waals surface area (Å²) in [6.45, 7) is 13.2. The number of amides is 8. The fourth-order valence-electron chi connectivity index (χ4n) is 7.89. The summed E-state index contributed by atoms with van der Waals surface area (Å²) >= 11 is 10.7. The Balaban J connectivity index is 0.000000388. The van der Waals surface area contributed by atoms with Gasteiger partial charge in [0.05, 0.1) is 36.5 Å². The van der Waals surface area contributed by atoms with Gasteiger partial charge in [-0.05, 0) is 239 Å². The standard InChI is InChI=1S/C26H26BrN3O4.C25H26N4O5.C24H25N3O3.C2H2BrClO/c1-4-34-30-26(33)24(18(2)3)29-25(32)21-13-9-19(10-14-21)7-5-6-8-20-11-15-22(16-12-20)28-23(31)17-27;1-17(30)23(25(33)28-34)27-24(32)20-12-8-18(9-13-20)6-4-5-7-19-10-14-21(15-11-19)26-22(31)16-29(2)3;1-4-30-27-24(29)22(17(2)3)26-23(28)20-13-9-18(10-14-20)7-5-6-8-19-11-15-21(25)16-12-19;3-1-2(4)5/h9-16,18,24H,4,17H2,1-3H3,(H,28,31)(H,29,32)(H,30,33);8-15,17,23,30,34H,16H2,1-3H3,(H,26,31)(H,27,32)(H,28,33);9-17,22H,4,25H2,1-3H3,(H,26,28)(H,27,29);1H2/t;17-,23?;;/m.1../s1. The third-order valence-corrected chi connectivity index (χ3v) is 14.5. The number of nitrogens with zero attached hydrogens (tertiary/aromatic N) is 1. The maximum Gasteiger partial charge on any atom is 0.268 e. The Hall–Kier alpha value is -11.0. The maximum atomic E-state index is 12.6. The van der Waals surface area contributed by atoms with E-state index in [1.807, 2.05) is 53.9 Å². The second-order valence-electron chi connectivity index (χ2n) is 22.3. The van der Waals surface area contributed by atoms with Crippen LogP contribution in [0.25, 0.3) is 0 Å². The number of hydrogen-bond acceptors (Lipinski definition) is 15. The average Bonchev–Trinajstić information content (AvgIpc) is 0.872. The molecule has 0 saturated carbocycles. The molecule has 3 unspecified atom stereocenters. The molecule has 23 nitrogen and oxygen atoms in total. The molecular formula is C77H79Br2ClN10O13. The summed E-state index contributed by atoms with van der Waals surface area (Å²) < 4.78 is 0. The Bertz CT molecular complexity index is 4240. The van der Waals surface area contributed by atoms with Crippen LogP contribution in [0.3, 0.4) is 0 Å². The van der Waals surface area contributed by atoms with Gasteiger partial charge in [0, 0.05) is 67.1 Å². The Morgan fingerprint density at radius 3 is 0.990 bits per heavy atom. The second-order valence-corrected chi connectivity index (χ2v) is 23.9. The molecule has 0 saturated heterocycles. The SMILES string of the molecule is CCONC(=O)C(NC(=O)c1ccc(C#CC#Cc2ccc(N)cc2)cc1)C(C)C.CCONC(=O)C(NC(=O)c1ccc(C#CC#Cc2ccc(NC(=O)CBr)cc2)cc1)C(C)C.C[C@@H](O)C(NC(=O)c1ccc(C#CC#Cc2ccc(NC(=O)CN(C)C)cc2)cc1)C(=O)NO.O=C(Cl)CBr. The largest absolute Gasteiger partial charge is 0.399 e. The Labute approximate surface area is 621 Å². The molecule has 6 aromatic rings. The van der Waals surface area contributed by atoms with E-state index in [-0.39, 0.29) is 62.8 Å². The number of benzene rings is 6. The third-order valence-electron chi connectivity index (χ3n) is 13.1. The predicted molar refractivity (Wildman–Crippen MR) is 403 cm³/mol. The molecule has 0 bridgehead atoms. The number of hydrogen-bond donors (Lipinski definition) is 11. The van der Waals surface area contributed by atoms with Gasteiger partial charge < -0.3 is 42.3 Å². The van der Waals surface area contributed by atoms with Crippen LogP contribution in [-0.4, -0.2) is 136 Å². The van der Waals surface area contributed by atoms with Crippen molar-refractivity contribution in [1.82, 2.24) is 37.3 Å². The number of hydroxylamine groups is 3. The average molecular weight is 1550 g/mol. The van der Waals surface area contributed by atoms with E-state index in [1.54, 1.807) is 140 Å². The molecule has 0 aliphatic heterocycles. The highest BCUT2D eigenvalue weighted by molar-refractivity contribution is 9.09. The summed E-state index contributed by atoms with van der Waals surface area (Å²) in [6.07, 6.45) is -1.20. The quantitative estimate of drug-likeness (QED) is 0.00785. The first-order chi connectivity index (χ1) is 49.2. The molecule has 6 rings (SSSR count). The van der Waals surface area contributed by atoms with Crippen molar-refractivity contribution < 1.29 is 63.1 Å². The van der Waals surface area contributed by atoms with Crippen LogP contribution in [0.4, 0.5) is 17.1 Å². The molecule has 0 fully saturated rings. The first kappa shape index (κ1) is 86.2. The van der Waals surface area contributed by atoms with Crippen LogP contribution < -0.4 is 48.8 Å². The zero-order valence-electron chi connectivity index (χ0n) is 57.9. The molecule has 4 atom stereocenters. The normalized spacial score (nSPS) is 10.9. The van der Waals surface area contributed by atoms with Crippen LogP contribution in [0.1, 0.15) is 113 Å². The Morgan fingerprint density at radius 1 is 0.456 bits per heavy atom. The van der Waals surface area contributed by atoms with Gasteiger partial charge in [-0.2, -0.15) is 0 Å². The molecule has 0 spiro atoms. The molecular weight excluding hydrogens is 1470 g/mol. The number of anilines is 3. The van der Waals surface area contributed by atoms with Crippen molar-refractivity contribution in [3.05, 3.63) is 196 Å². The summed E-state index contributed by atoms with van der Waals surface area (Å²) in [5, 5.41) is 31.8. The molecule has 0 aromatic heterocycles. The number of nitrogen functional groups attached to an aromatic ring is 1. The van der Waals surface area contributed by atoms with Crippen molar-refractivity contribution >= 4 is 113 Å². The first-order valence-corrected chi connectivity index (χ1v) is 34.2. The lowest BCUT2D eigenvalue weighted by atomic mass is 10.0. The monoisotopic (exact) mass is 1540 g/mol. The summed E-state index contributed by atoms with van der Waals surface area (Å²) in [5.41, 5.74) is 19.3. The maximum absolute atomic E-state index is 12.6. The van der Waals surface area contributed by atoms with E-state index in [0.717, 1.165) is 22.3 Å². The highest BCUT2D eigenvalue weighted by atomic mass is 79.9. The zero-order chi connectivity index (χ0) is 76.2. The van der Waals surface area contributed by atoms with Gasteiger partial charge in [-0.1, -0.05) is 95.1 Å². The minimum absolute atomic E-state index is 0.0980. The van der Waals surface area contributed by atoms with Crippen LogP contribution in [0.2, 0.25) is 0 Å². The molecule has 0 aliphatic rings. The van der Waals surface area contributed by atoms with Crippen LogP contribution in [0.15, 0.2) is 146 Å². The molecule has 6 aromatic carbocycles. The fraction of sp³-hybridized carbons (Fsp3) is 0.260. The lowest BCUT2D eigenvalue weighted by Gasteiger charge is -2.21. The zero-order valence-corrected chi connectivity index (χ0v) is 61.8. The minimum Gasteiger partial charge on any atom is -0.399 e. The van der Waals surface area contributed by atoms with Gasteiger partial charge in [-0.15, -0.1) is 0 Å². The van der Waals surface area contributed by atoms with Crippen molar-refractivity contribution in [2.75, 3.05) is 60.9 Å². The number of nitrogens with one attached hydrogen (secondary N) is 8. The van der Waals surface area contributed by atoms with Gasteiger partial charge in [0.15, 0.2) is 0 Å². The lowest BCUT2D eigenvalue weighted by molar-refractivity contribution is -0.136. The van der Waals surface area contributed by atoms with E-state index in [9.17, 15) is 48.3 Å². The number of carbonyl (C=O) groups excluding carboxylic acids is 9. The number of likely N-dealkylation sites (N-methyl/N-ethyl adjacent to an activating group) is 1. The van der Waals surface area contributed by atoms with Crippen molar-refractivity contribution in [3.63, 3.8) is 0 Å². The number of aliphatic hydroxyl groups is 1. The molecule has 0 aliphatic carbocycles. The molecule has 8 amide bonds. The molecule has 26 heteroatoms. The molecule has 0 radical (unpaired) electrons. The van der Waals surface area contributed by atoms with Crippen LogP contribution >= 0.6 is 43.5 Å². The van der Waals surface area contributed by atoms with Crippen LogP contribution in [-0.2, 0) is 38.4 Å². The van der Waals surface area contributed by atoms with Crippen molar-refractivity contribution in [2.24, 2.45) is 11.8 Å². The van der Waals surface area contributed by atoms with Gasteiger partial charge >= 0.3 is 0 Å². The summed E-state index contributed by atoms with van der Waals surface area (Å²) in [4.78, 5) is 117. The van der Waals surface area contributed by atoms with Gasteiger partial charge in [0.2, 0.25) is 17.1 Å². The minimum atomic E-state index is -1.30. The van der Waals surface area contributed by atoms with E-state index in [4.69, 9.17) is 32.2 Å². The van der Waals surface area contributed by atoms with Crippen molar-refractivity contribution in [2.45, 2.75) is 72.7 Å². The van der Waals surface area contributed by atoms with Crippen molar-refractivity contribution in [1.29, 1.82) is 0 Å². The molecule has 103 heavy (non-hydrogen) atoms. The Morgan fingerprint density at radius 2 is 0.738 bits per heavy atom. The lowest BCUT2D eigenvalue weighted by Crippen LogP contribution is -2.51. The number of carbonyl (C=O) groups is 9. The highest BCUT2D eigenvalue weighted by Crippen LogP contribution is 2.14. The molecule has 12 N–H and O–H groups in total. The van der Waals surface area contributed by atoms with Gasteiger partial charge in [0.25, 0.3) is 35.4 Å². The van der Waals surface area contributed by atoms with Crippen LogP contribution in [0.5, 0.6) is 0 Å². The summed E-state index contributed by atoms with van der Waals surface area (Å²) in [5.74, 6) is 30.7. The number of nitrogens with two attached hydrogens (primary N) is 1. The van der Waals surface area contributed by atoms with Gasteiger partial charge in [-0.25, -0.2) is 16.4 Å². The van der Waals surface area contributed by atoms with Gasteiger partial charge in [0.1, 0.15) is 18.1 Å². The van der Waals surface area contributed by atoms with E-state index >= 15 is 0 Å². The van der Waals surface area contributed by atoms with E-state index in [2.05, 4.69) is 140 Å². The topological polar surface area (TPSA) is 338 Å².